The number of hydrogen-bond donors (Lipinski definition) is 0. The largest absolute Gasteiger partial charge is 0.312 e. The van der Waals surface area contributed by atoms with Crippen LogP contribution >= 0.6 is 0 Å². The highest BCUT2D eigenvalue weighted by Gasteiger charge is 2.24. The van der Waals surface area contributed by atoms with Gasteiger partial charge in [0.25, 0.3) is 0 Å². The first-order valence-electron chi connectivity index (χ1n) is 5.53. The number of hydrogen-bond acceptors (Lipinski definition) is 1. The van der Waals surface area contributed by atoms with Crippen LogP contribution in [0.25, 0.3) is 0 Å². The van der Waals surface area contributed by atoms with Crippen LogP contribution in [-0.2, 0) is 4.79 Å². The molecular weight excluding hydrogens is 186 g/mol. The highest BCUT2D eigenvalue weighted by molar-refractivity contribution is 5.79. The summed E-state index contributed by atoms with van der Waals surface area (Å²) in [6.07, 6.45) is 9.70. The molecule has 1 heterocycles. The third-order valence-electron chi connectivity index (χ3n) is 2.59. The van der Waals surface area contributed by atoms with E-state index in [4.69, 9.17) is 0 Å². The van der Waals surface area contributed by atoms with Gasteiger partial charge in [0.2, 0.25) is 5.91 Å². The Morgan fingerprint density at radius 1 is 1.47 bits per heavy atom. The van der Waals surface area contributed by atoms with Crippen molar-refractivity contribution in [2.24, 2.45) is 0 Å². The van der Waals surface area contributed by atoms with Gasteiger partial charge in [-0.15, -0.1) is 0 Å². The van der Waals surface area contributed by atoms with Crippen LogP contribution in [-0.4, -0.2) is 17.4 Å². The molecule has 0 aromatic rings. The van der Waals surface area contributed by atoms with Crippen molar-refractivity contribution in [2.45, 2.75) is 33.6 Å². The zero-order valence-electron chi connectivity index (χ0n) is 9.79. The fraction of sp³-hybridized carbons (Fsp3) is 0.462. The second-order valence-electron chi connectivity index (χ2n) is 3.54. The van der Waals surface area contributed by atoms with Crippen LogP contribution in [0.5, 0.6) is 0 Å². The molecule has 2 nitrogen and oxygen atoms in total. The quantitative estimate of drug-likeness (QED) is 0.678. The Kier molecular flexibility index (Phi) is 4.35. The summed E-state index contributed by atoms with van der Waals surface area (Å²) >= 11 is 0. The first-order chi connectivity index (χ1) is 7.24. The molecule has 2 heteroatoms. The van der Waals surface area contributed by atoms with E-state index in [0.29, 0.717) is 6.42 Å². The molecule has 0 N–H and O–H groups in total. The van der Waals surface area contributed by atoms with E-state index >= 15 is 0 Å². The van der Waals surface area contributed by atoms with Gasteiger partial charge in [-0.1, -0.05) is 31.2 Å². The maximum atomic E-state index is 11.6. The zero-order chi connectivity index (χ0) is 11.3. The Labute approximate surface area is 92.0 Å². The molecule has 1 aliphatic heterocycles. The van der Waals surface area contributed by atoms with Crippen molar-refractivity contribution in [3.05, 3.63) is 35.6 Å². The van der Waals surface area contributed by atoms with Gasteiger partial charge in [0.15, 0.2) is 0 Å². The van der Waals surface area contributed by atoms with E-state index in [0.717, 1.165) is 18.7 Å². The lowest BCUT2D eigenvalue weighted by Gasteiger charge is -2.16. The van der Waals surface area contributed by atoms with E-state index in [1.54, 1.807) is 0 Å². The Bertz CT molecular complexity index is 323. The van der Waals surface area contributed by atoms with Crippen LogP contribution in [0.1, 0.15) is 33.6 Å². The molecule has 1 fully saturated rings. The third-order valence-corrected chi connectivity index (χ3v) is 2.59. The minimum atomic E-state index is 0.215. The Morgan fingerprint density at radius 2 is 2.20 bits per heavy atom. The standard InChI is InChI=1S/C13H19NO/c1-4-7-8-11-9-10-14(12(11)5-2)13(15)6-3/h4-5,7-8H,6,9-10H2,1-3H3/b7-4-,11-8-,12-5+. The smallest absolute Gasteiger partial charge is 0.226 e. The molecule has 0 aromatic carbocycles. The fourth-order valence-corrected chi connectivity index (χ4v) is 1.83. The molecular formula is C13H19NO. The second kappa shape index (κ2) is 5.54. The number of carbonyl (C=O) groups excluding carboxylic acids is 1. The summed E-state index contributed by atoms with van der Waals surface area (Å²) in [7, 11) is 0. The first kappa shape index (κ1) is 11.8. The van der Waals surface area contributed by atoms with Gasteiger partial charge in [0.1, 0.15) is 0 Å². The monoisotopic (exact) mass is 205 g/mol. The summed E-state index contributed by atoms with van der Waals surface area (Å²) < 4.78 is 0. The van der Waals surface area contributed by atoms with Gasteiger partial charge in [-0.25, -0.2) is 0 Å². The molecule has 0 saturated carbocycles. The predicted molar refractivity (Wildman–Crippen MR) is 63.3 cm³/mol. The summed E-state index contributed by atoms with van der Waals surface area (Å²) in [5, 5.41) is 0. The highest BCUT2D eigenvalue weighted by Crippen LogP contribution is 2.27. The van der Waals surface area contributed by atoms with Gasteiger partial charge >= 0.3 is 0 Å². The van der Waals surface area contributed by atoms with Crippen molar-refractivity contribution in [1.29, 1.82) is 0 Å². The van der Waals surface area contributed by atoms with Gasteiger partial charge in [-0.2, -0.15) is 0 Å². The molecule has 1 aliphatic rings. The maximum Gasteiger partial charge on any atom is 0.226 e. The van der Waals surface area contributed by atoms with Crippen molar-refractivity contribution in [2.75, 3.05) is 6.54 Å². The summed E-state index contributed by atoms with van der Waals surface area (Å²) in [5.41, 5.74) is 2.34. The van der Waals surface area contributed by atoms with Crippen molar-refractivity contribution in [3.63, 3.8) is 0 Å². The van der Waals surface area contributed by atoms with Gasteiger partial charge in [-0.3, -0.25) is 4.79 Å². The lowest BCUT2D eigenvalue weighted by Crippen LogP contribution is -2.25. The number of amides is 1. The number of rotatable bonds is 2. The molecule has 1 amide bonds. The average Bonchev–Trinajstić information content (AvgIpc) is 2.67. The molecule has 0 bridgehead atoms. The van der Waals surface area contributed by atoms with Gasteiger partial charge in [0.05, 0.1) is 0 Å². The van der Waals surface area contributed by atoms with Crippen LogP contribution in [0.3, 0.4) is 0 Å². The minimum Gasteiger partial charge on any atom is -0.312 e. The van der Waals surface area contributed by atoms with Gasteiger partial charge in [-0.05, 0) is 25.8 Å². The molecule has 0 atom stereocenters. The summed E-state index contributed by atoms with van der Waals surface area (Å²) in [6, 6.07) is 0. The molecule has 0 unspecified atom stereocenters. The predicted octanol–water partition coefficient (Wildman–Crippen LogP) is 3.04. The van der Waals surface area contributed by atoms with Crippen LogP contribution in [0, 0.1) is 0 Å². The number of carbonyl (C=O) groups is 1. The third kappa shape index (κ3) is 2.58. The second-order valence-corrected chi connectivity index (χ2v) is 3.54. The van der Waals surface area contributed by atoms with E-state index in [-0.39, 0.29) is 5.91 Å². The topological polar surface area (TPSA) is 20.3 Å². The summed E-state index contributed by atoms with van der Waals surface area (Å²) in [5.74, 6) is 0.215. The van der Waals surface area contributed by atoms with Gasteiger partial charge < -0.3 is 4.90 Å². The van der Waals surface area contributed by atoms with Crippen LogP contribution in [0.15, 0.2) is 35.6 Å². The van der Waals surface area contributed by atoms with Gasteiger partial charge in [0, 0.05) is 18.7 Å². The van der Waals surface area contributed by atoms with Crippen molar-refractivity contribution in [1.82, 2.24) is 4.90 Å². The van der Waals surface area contributed by atoms with E-state index < -0.39 is 0 Å². The highest BCUT2D eigenvalue weighted by atomic mass is 16.2. The normalized spacial score (nSPS) is 22.2. The van der Waals surface area contributed by atoms with E-state index in [1.165, 1.54) is 5.57 Å². The summed E-state index contributed by atoms with van der Waals surface area (Å²) in [4.78, 5) is 13.5. The van der Waals surface area contributed by atoms with Crippen molar-refractivity contribution in [3.8, 4) is 0 Å². The Morgan fingerprint density at radius 3 is 2.73 bits per heavy atom. The van der Waals surface area contributed by atoms with Crippen molar-refractivity contribution >= 4 is 5.91 Å². The molecule has 0 aliphatic carbocycles. The minimum absolute atomic E-state index is 0.215. The molecule has 15 heavy (non-hydrogen) atoms. The van der Waals surface area contributed by atoms with Crippen molar-refractivity contribution < 1.29 is 4.79 Å². The maximum absolute atomic E-state index is 11.6. The number of likely N-dealkylation sites (tertiary alicyclic amines) is 1. The molecule has 1 saturated heterocycles. The zero-order valence-corrected chi connectivity index (χ0v) is 9.79. The molecule has 82 valence electrons. The Balaban J connectivity index is 2.88. The average molecular weight is 205 g/mol. The SMILES string of the molecule is C\C=C/C=C1/CCN(C(=O)CC)/C1=C/C. The van der Waals surface area contributed by atoms with Crippen LogP contribution in [0.4, 0.5) is 0 Å². The van der Waals surface area contributed by atoms with Crippen LogP contribution in [0.2, 0.25) is 0 Å². The Hall–Kier alpha value is -1.31. The fourth-order valence-electron chi connectivity index (χ4n) is 1.83. The lowest BCUT2D eigenvalue weighted by molar-refractivity contribution is -0.128. The van der Waals surface area contributed by atoms with E-state index in [9.17, 15) is 4.79 Å². The number of allylic oxidation sites excluding steroid dienone is 5. The van der Waals surface area contributed by atoms with Crippen LogP contribution < -0.4 is 0 Å². The first-order valence-corrected chi connectivity index (χ1v) is 5.53. The molecule has 1 rings (SSSR count). The summed E-state index contributed by atoms with van der Waals surface area (Å²) in [6.45, 7) is 6.72. The number of nitrogens with zero attached hydrogens (tertiary/aromatic N) is 1. The molecule has 0 spiro atoms. The van der Waals surface area contributed by atoms with E-state index in [2.05, 4.69) is 6.08 Å². The lowest BCUT2D eigenvalue weighted by atomic mass is 10.1. The molecule has 0 aromatic heterocycles. The van der Waals surface area contributed by atoms with E-state index in [1.807, 2.05) is 43.9 Å². The molecule has 0 radical (unpaired) electrons.